The molecular weight excluding hydrogens is 358 g/mol. The second-order valence-electron chi connectivity index (χ2n) is 7.23. The number of morpholine rings is 1. The van der Waals surface area contributed by atoms with Crippen molar-refractivity contribution in [2.75, 3.05) is 44.7 Å². The van der Waals surface area contributed by atoms with Crippen LogP contribution in [0.5, 0.6) is 0 Å². The average molecular weight is 386 g/mol. The van der Waals surface area contributed by atoms with E-state index in [4.69, 9.17) is 4.74 Å². The van der Waals surface area contributed by atoms with Crippen molar-refractivity contribution in [3.8, 4) is 0 Å². The molecule has 1 aliphatic heterocycles. The van der Waals surface area contributed by atoms with Gasteiger partial charge in [-0.25, -0.2) is 0 Å². The van der Waals surface area contributed by atoms with Crippen LogP contribution in [0.2, 0.25) is 0 Å². The highest BCUT2D eigenvalue weighted by molar-refractivity contribution is 5.96. The van der Waals surface area contributed by atoms with Gasteiger partial charge in [0.25, 0.3) is 0 Å². The van der Waals surface area contributed by atoms with Gasteiger partial charge in [-0.3, -0.25) is 4.79 Å². The number of nitrogens with two attached hydrogens (primary N) is 1. The molecule has 1 heterocycles. The van der Waals surface area contributed by atoms with Gasteiger partial charge in [0, 0.05) is 12.1 Å². The predicted octanol–water partition coefficient (Wildman–Crippen LogP) is -1.84. The van der Waals surface area contributed by atoms with Crippen LogP contribution in [0.15, 0.2) is 42.5 Å². The maximum absolute atomic E-state index is 12.3. The molecule has 1 atom stereocenters. The minimum absolute atomic E-state index is 0.112. The van der Waals surface area contributed by atoms with E-state index in [-0.39, 0.29) is 12.3 Å². The molecule has 1 amide bonds. The Bertz CT molecular complexity index is 805. The minimum Gasteiger partial charge on any atom is -0.544 e. The van der Waals surface area contributed by atoms with Crippen LogP contribution in [-0.4, -0.2) is 57.3 Å². The summed E-state index contributed by atoms with van der Waals surface area (Å²) in [7, 11) is 0. The Morgan fingerprint density at radius 1 is 1.14 bits per heavy atom. The van der Waals surface area contributed by atoms with Gasteiger partial charge in [0.05, 0.1) is 38.7 Å². The molecule has 2 aromatic rings. The summed E-state index contributed by atoms with van der Waals surface area (Å²) in [5.41, 5.74) is 0.664. The molecule has 2 aromatic carbocycles. The number of hydrogen-bond acceptors (Lipinski definition) is 4. The standard InChI is InChI=1S/C21H27N3O4/c25-20(23-18-7-6-16-4-1-2-5-17(16)14-18)15-19(21(26)27)22-8-3-9-24-10-12-28-13-11-24/h1-2,4-7,14,19,22H,3,8-13,15H2,(H,23,25)(H,26,27)/p+1/t19-/m1/s1. The summed E-state index contributed by atoms with van der Waals surface area (Å²) in [6, 6.07) is 12.6. The van der Waals surface area contributed by atoms with E-state index < -0.39 is 12.0 Å². The van der Waals surface area contributed by atoms with E-state index in [9.17, 15) is 14.7 Å². The van der Waals surface area contributed by atoms with Gasteiger partial charge < -0.3 is 30.2 Å². The smallest absolute Gasteiger partial charge is 0.230 e. The van der Waals surface area contributed by atoms with Gasteiger partial charge in [0.1, 0.15) is 19.1 Å². The third-order valence-corrected chi connectivity index (χ3v) is 5.13. The van der Waals surface area contributed by atoms with Crippen molar-refractivity contribution in [2.24, 2.45) is 0 Å². The summed E-state index contributed by atoms with van der Waals surface area (Å²) in [6.07, 6.45) is 0.783. The van der Waals surface area contributed by atoms with Gasteiger partial charge in [0.2, 0.25) is 5.91 Å². The number of carbonyl (C=O) groups is 2. The lowest BCUT2D eigenvalue weighted by Crippen LogP contribution is -3.14. The number of quaternary nitrogens is 2. The quantitative estimate of drug-likeness (QED) is 0.441. The molecule has 4 N–H and O–H groups in total. The molecule has 0 unspecified atom stereocenters. The van der Waals surface area contributed by atoms with Crippen molar-refractivity contribution in [3.05, 3.63) is 42.5 Å². The van der Waals surface area contributed by atoms with Gasteiger partial charge in [-0.05, 0) is 22.9 Å². The fourth-order valence-corrected chi connectivity index (χ4v) is 3.52. The highest BCUT2D eigenvalue weighted by Gasteiger charge is 2.19. The van der Waals surface area contributed by atoms with E-state index in [1.807, 2.05) is 42.5 Å². The first-order chi connectivity index (χ1) is 13.6. The van der Waals surface area contributed by atoms with Crippen molar-refractivity contribution in [1.82, 2.24) is 0 Å². The normalized spacial score (nSPS) is 16.0. The molecule has 7 heteroatoms. The Hall–Kier alpha value is -2.48. The summed E-state index contributed by atoms with van der Waals surface area (Å²) in [4.78, 5) is 25.2. The summed E-state index contributed by atoms with van der Waals surface area (Å²) in [5.74, 6) is -1.52. The van der Waals surface area contributed by atoms with Crippen molar-refractivity contribution < 1.29 is 29.6 Å². The van der Waals surface area contributed by atoms with E-state index in [0.717, 1.165) is 50.0 Å². The van der Waals surface area contributed by atoms with Crippen molar-refractivity contribution >= 4 is 28.3 Å². The van der Waals surface area contributed by atoms with E-state index >= 15 is 0 Å². The molecule has 7 nitrogen and oxygen atoms in total. The maximum Gasteiger partial charge on any atom is 0.230 e. The van der Waals surface area contributed by atoms with Crippen LogP contribution >= 0.6 is 0 Å². The molecule has 0 aromatic heterocycles. The van der Waals surface area contributed by atoms with Crippen LogP contribution in [-0.2, 0) is 14.3 Å². The number of fused-ring (bicyclic) bond motifs is 1. The number of anilines is 1. The number of rotatable bonds is 9. The highest BCUT2D eigenvalue weighted by Crippen LogP contribution is 2.18. The van der Waals surface area contributed by atoms with Crippen LogP contribution in [0.4, 0.5) is 5.69 Å². The molecule has 0 aliphatic carbocycles. The number of ether oxygens (including phenoxy) is 1. The summed E-state index contributed by atoms with van der Waals surface area (Å²) >= 11 is 0. The molecule has 0 bridgehead atoms. The summed E-state index contributed by atoms with van der Waals surface area (Å²) in [6.45, 7) is 5.22. The topological polar surface area (TPSA) is 99.5 Å². The number of benzene rings is 2. The SMILES string of the molecule is O=C(C[C@@H]([NH2+]CCC[NH+]1CCOCC1)C(=O)[O-])Nc1ccc2ccccc2c1. The first-order valence-electron chi connectivity index (χ1n) is 9.86. The first-order valence-corrected chi connectivity index (χ1v) is 9.86. The van der Waals surface area contributed by atoms with Gasteiger partial charge in [0.15, 0.2) is 0 Å². The second kappa shape index (κ2) is 10.2. The Kier molecular flexibility index (Phi) is 7.36. The average Bonchev–Trinajstić information content (AvgIpc) is 2.70. The lowest BCUT2D eigenvalue weighted by atomic mass is 10.1. The molecule has 3 rings (SSSR count). The van der Waals surface area contributed by atoms with Crippen LogP contribution in [0.1, 0.15) is 12.8 Å². The van der Waals surface area contributed by atoms with E-state index in [1.165, 1.54) is 4.90 Å². The first kappa shape index (κ1) is 20.3. The highest BCUT2D eigenvalue weighted by atomic mass is 16.5. The number of carboxylic acids is 1. The van der Waals surface area contributed by atoms with Crippen molar-refractivity contribution in [1.29, 1.82) is 0 Å². The van der Waals surface area contributed by atoms with E-state index in [0.29, 0.717) is 12.2 Å². The molecule has 0 radical (unpaired) electrons. The predicted molar refractivity (Wildman–Crippen MR) is 104 cm³/mol. The van der Waals surface area contributed by atoms with Crippen molar-refractivity contribution in [2.45, 2.75) is 18.9 Å². The summed E-state index contributed by atoms with van der Waals surface area (Å²) in [5, 5.41) is 18.0. The zero-order valence-electron chi connectivity index (χ0n) is 16.0. The second-order valence-corrected chi connectivity index (χ2v) is 7.23. The summed E-state index contributed by atoms with van der Waals surface area (Å²) < 4.78 is 5.33. The number of amides is 1. The monoisotopic (exact) mass is 386 g/mol. The molecule has 0 spiro atoms. The number of nitrogens with one attached hydrogen (secondary N) is 2. The van der Waals surface area contributed by atoms with Gasteiger partial charge in [-0.15, -0.1) is 0 Å². The molecule has 1 saturated heterocycles. The van der Waals surface area contributed by atoms with Gasteiger partial charge in [-0.1, -0.05) is 30.3 Å². The van der Waals surface area contributed by atoms with E-state index in [2.05, 4.69) is 5.32 Å². The molecule has 28 heavy (non-hydrogen) atoms. The minimum atomic E-state index is -1.20. The van der Waals surface area contributed by atoms with Gasteiger partial charge >= 0.3 is 0 Å². The largest absolute Gasteiger partial charge is 0.544 e. The lowest BCUT2D eigenvalue weighted by Gasteiger charge is -2.23. The third-order valence-electron chi connectivity index (χ3n) is 5.13. The zero-order chi connectivity index (χ0) is 19.8. The van der Waals surface area contributed by atoms with E-state index in [1.54, 1.807) is 5.32 Å². The zero-order valence-corrected chi connectivity index (χ0v) is 16.0. The fraction of sp³-hybridized carbons (Fsp3) is 0.429. The van der Waals surface area contributed by atoms with Crippen LogP contribution < -0.4 is 20.6 Å². The fourth-order valence-electron chi connectivity index (χ4n) is 3.52. The van der Waals surface area contributed by atoms with Crippen molar-refractivity contribution in [3.63, 3.8) is 0 Å². The lowest BCUT2D eigenvalue weighted by molar-refractivity contribution is -0.909. The Morgan fingerprint density at radius 3 is 2.64 bits per heavy atom. The number of hydrogen-bond donors (Lipinski definition) is 3. The molecule has 1 fully saturated rings. The van der Waals surface area contributed by atoms with Gasteiger partial charge in [-0.2, -0.15) is 0 Å². The third kappa shape index (κ3) is 6.02. The Morgan fingerprint density at radius 2 is 1.89 bits per heavy atom. The Labute approximate surface area is 164 Å². The van der Waals surface area contributed by atoms with Crippen LogP contribution in [0.3, 0.4) is 0 Å². The number of carbonyl (C=O) groups excluding carboxylic acids is 2. The molecule has 150 valence electrons. The van der Waals surface area contributed by atoms with Crippen LogP contribution in [0.25, 0.3) is 10.8 Å². The number of carboxylic acid groups (broad SMARTS) is 1. The maximum atomic E-state index is 12.3. The Balaban J connectivity index is 1.45. The molecule has 1 aliphatic rings. The molecule has 0 saturated carbocycles. The number of aliphatic carboxylic acids is 1. The molecular formula is C21H28N3O4+. The van der Waals surface area contributed by atoms with Crippen LogP contribution in [0, 0.1) is 0 Å².